The van der Waals surface area contributed by atoms with E-state index in [1.807, 2.05) is 19.1 Å². The molecule has 0 heterocycles. The number of benzene rings is 1. The summed E-state index contributed by atoms with van der Waals surface area (Å²) in [6, 6.07) is 3.86. The monoisotopic (exact) mass is 420 g/mol. The normalized spacial score (nSPS) is 10.7. The summed E-state index contributed by atoms with van der Waals surface area (Å²) in [5, 5.41) is 11.4. The van der Waals surface area contributed by atoms with Gasteiger partial charge in [0.15, 0.2) is 0 Å². The highest BCUT2D eigenvalue weighted by molar-refractivity contribution is 9.11. The van der Waals surface area contributed by atoms with Gasteiger partial charge in [-0.25, -0.2) is 0 Å². The number of aliphatic carboxylic acids is 1. The lowest BCUT2D eigenvalue weighted by Gasteiger charge is -2.17. The van der Waals surface area contributed by atoms with E-state index in [4.69, 9.17) is 5.11 Å². The van der Waals surface area contributed by atoms with Crippen molar-refractivity contribution >= 4 is 49.4 Å². The van der Waals surface area contributed by atoms with E-state index in [1.165, 1.54) is 0 Å². The summed E-state index contributed by atoms with van der Waals surface area (Å²) in [4.78, 5) is 24.2. The van der Waals surface area contributed by atoms with E-state index in [0.717, 1.165) is 14.5 Å². The van der Waals surface area contributed by atoms with Crippen LogP contribution in [-0.2, 0) is 9.59 Å². The predicted molar refractivity (Wildman–Crippen MR) is 89.6 cm³/mol. The Kier molecular flexibility index (Phi) is 7.34. The Hall–Kier alpha value is -0.920. The van der Waals surface area contributed by atoms with Crippen molar-refractivity contribution in [3.63, 3.8) is 0 Å². The maximum Gasteiger partial charge on any atom is 0.303 e. The molecule has 0 saturated heterocycles. The topological polar surface area (TPSA) is 69.6 Å². The van der Waals surface area contributed by atoms with Crippen LogP contribution < -0.4 is 5.32 Å². The zero-order valence-corrected chi connectivity index (χ0v) is 15.1. The molecule has 21 heavy (non-hydrogen) atoms. The fraction of sp³-hybridized carbons (Fsp3) is 0.429. The minimum Gasteiger partial charge on any atom is -0.481 e. The predicted octanol–water partition coefficient (Wildman–Crippen LogP) is 3.26. The molecule has 1 rings (SSSR count). The number of nitrogens with one attached hydrogen (secondary N) is 1. The Bertz CT molecular complexity index is 512. The van der Waals surface area contributed by atoms with Crippen LogP contribution in [-0.4, -0.2) is 42.0 Å². The van der Waals surface area contributed by atoms with Gasteiger partial charge in [-0.15, -0.1) is 0 Å². The van der Waals surface area contributed by atoms with Gasteiger partial charge in [0.2, 0.25) is 5.91 Å². The number of carbonyl (C=O) groups is 2. The van der Waals surface area contributed by atoms with Crippen LogP contribution in [0.2, 0.25) is 0 Å². The zero-order chi connectivity index (χ0) is 16.0. The lowest BCUT2D eigenvalue weighted by Crippen LogP contribution is -2.31. The van der Waals surface area contributed by atoms with E-state index in [1.54, 1.807) is 11.9 Å². The molecule has 0 fully saturated rings. The lowest BCUT2D eigenvalue weighted by molar-refractivity contribution is -0.137. The Morgan fingerprint density at radius 2 is 1.86 bits per heavy atom. The standard InChI is InChI=1S/C14H18Br2N2O3/c1-9-6-10(15)14(11(16)7-9)17-12(19)8-18(2)5-3-4-13(20)21/h6-7H,3-5,8H2,1-2H3,(H,17,19)(H,20,21). The number of carbonyl (C=O) groups excluding carboxylic acids is 1. The fourth-order valence-electron chi connectivity index (χ4n) is 1.82. The van der Waals surface area contributed by atoms with E-state index in [-0.39, 0.29) is 18.9 Å². The molecule has 0 bridgehead atoms. The van der Waals surface area contributed by atoms with E-state index in [0.29, 0.717) is 18.7 Å². The molecule has 2 N–H and O–H groups in total. The third-order valence-corrected chi connectivity index (χ3v) is 4.05. The number of amides is 1. The number of halogens is 2. The van der Waals surface area contributed by atoms with Crippen LogP contribution in [0.15, 0.2) is 21.1 Å². The van der Waals surface area contributed by atoms with Crippen molar-refractivity contribution in [2.75, 3.05) is 25.5 Å². The van der Waals surface area contributed by atoms with Crippen molar-refractivity contribution in [1.82, 2.24) is 4.90 Å². The number of likely N-dealkylation sites (N-methyl/N-ethyl adjacent to an activating group) is 1. The van der Waals surface area contributed by atoms with Crippen LogP contribution in [0.4, 0.5) is 5.69 Å². The number of rotatable bonds is 7. The van der Waals surface area contributed by atoms with Crippen LogP contribution >= 0.6 is 31.9 Å². The van der Waals surface area contributed by atoms with E-state index < -0.39 is 5.97 Å². The molecule has 5 nitrogen and oxygen atoms in total. The number of anilines is 1. The highest BCUT2D eigenvalue weighted by atomic mass is 79.9. The van der Waals surface area contributed by atoms with Crippen molar-refractivity contribution in [3.8, 4) is 0 Å². The molecule has 1 amide bonds. The highest BCUT2D eigenvalue weighted by Gasteiger charge is 2.12. The third kappa shape index (κ3) is 6.58. The summed E-state index contributed by atoms with van der Waals surface area (Å²) in [5.74, 6) is -0.960. The minimum absolute atomic E-state index is 0.112. The summed E-state index contributed by atoms with van der Waals surface area (Å²) in [5.41, 5.74) is 1.78. The highest BCUT2D eigenvalue weighted by Crippen LogP contribution is 2.32. The molecule has 0 aliphatic rings. The van der Waals surface area contributed by atoms with Crippen molar-refractivity contribution in [1.29, 1.82) is 0 Å². The molecule has 0 spiro atoms. The Balaban J connectivity index is 2.52. The summed E-state index contributed by atoms with van der Waals surface area (Å²) in [6.07, 6.45) is 0.637. The van der Waals surface area contributed by atoms with Gasteiger partial charge >= 0.3 is 5.97 Å². The smallest absolute Gasteiger partial charge is 0.303 e. The summed E-state index contributed by atoms with van der Waals surface area (Å²) < 4.78 is 1.63. The van der Waals surface area contributed by atoms with Gasteiger partial charge in [-0.1, -0.05) is 0 Å². The van der Waals surface area contributed by atoms with Crippen LogP contribution in [0.5, 0.6) is 0 Å². The van der Waals surface area contributed by atoms with Crippen LogP contribution in [0, 0.1) is 6.92 Å². The first kappa shape index (κ1) is 18.1. The molecule has 0 atom stereocenters. The van der Waals surface area contributed by atoms with Crippen LogP contribution in [0.1, 0.15) is 18.4 Å². The second-order valence-electron chi connectivity index (χ2n) is 4.89. The fourth-order valence-corrected chi connectivity index (χ4v) is 3.44. The molecule has 1 aromatic rings. The molecular formula is C14H18Br2N2O3. The second-order valence-corrected chi connectivity index (χ2v) is 6.60. The third-order valence-electron chi connectivity index (χ3n) is 2.79. The molecule has 7 heteroatoms. The van der Waals surface area contributed by atoms with Gasteiger partial charge in [0.05, 0.1) is 12.2 Å². The molecule has 0 radical (unpaired) electrons. The molecule has 0 aromatic heterocycles. The van der Waals surface area contributed by atoms with Crippen LogP contribution in [0.25, 0.3) is 0 Å². The number of nitrogens with zero attached hydrogens (tertiary/aromatic N) is 1. The molecule has 0 unspecified atom stereocenters. The molecule has 0 aliphatic carbocycles. The maximum atomic E-state index is 12.0. The minimum atomic E-state index is -0.819. The van der Waals surface area contributed by atoms with Gasteiger partial charge in [-0.3, -0.25) is 14.5 Å². The van der Waals surface area contributed by atoms with Gasteiger partial charge in [0, 0.05) is 15.4 Å². The summed E-state index contributed by atoms with van der Waals surface area (Å²) in [7, 11) is 1.79. The Morgan fingerprint density at radius 1 is 1.29 bits per heavy atom. The SMILES string of the molecule is Cc1cc(Br)c(NC(=O)CN(C)CCCC(=O)O)c(Br)c1. The summed E-state index contributed by atoms with van der Waals surface area (Å²) >= 11 is 6.85. The number of aryl methyl sites for hydroxylation is 1. The van der Waals surface area contributed by atoms with Gasteiger partial charge in [0.1, 0.15) is 0 Å². The molecule has 1 aromatic carbocycles. The largest absolute Gasteiger partial charge is 0.481 e. The number of carboxylic acid groups (broad SMARTS) is 1. The van der Waals surface area contributed by atoms with Crippen molar-refractivity contribution in [2.45, 2.75) is 19.8 Å². The molecular weight excluding hydrogens is 404 g/mol. The lowest BCUT2D eigenvalue weighted by atomic mass is 10.2. The van der Waals surface area contributed by atoms with Crippen molar-refractivity contribution in [2.24, 2.45) is 0 Å². The van der Waals surface area contributed by atoms with E-state index >= 15 is 0 Å². The van der Waals surface area contributed by atoms with Crippen LogP contribution in [0.3, 0.4) is 0 Å². The Morgan fingerprint density at radius 3 is 2.38 bits per heavy atom. The first-order valence-electron chi connectivity index (χ1n) is 6.45. The van der Waals surface area contributed by atoms with Crippen molar-refractivity contribution in [3.05, 3.63) is 26.6 Å². The number of hydrogen-bond donors (Lipinski definition) is 2. The first-order valence-corrected chi connectivity index (χ1v) is 8.04. The van der Waals surface area contributed by atoms with E-state index in [2.05, 4.69) is 37.2 Å². The molecule has 0 saturated carbocycles. The van der Waals surface area contributed by atoms with Gasteiger partial charge in [-0.2, -0.15) is 0 Å². The number of hydrogen-bond acceptors (Lipinski definition) is 3. The average molecular weight is 422 g/mol. The second kappa shape index (κ2) is 8.51. The molecule has 0 aliphatic heterocycles. The number of carboxylic acids is 1. The average Bonchev–Trinajstić information content (AvgIpc) is 2.33. The molecule has 116 valence electrons. The first-order chi connectivity index (χ1) is 9.79. The summed E-state index contributed by atoms with van der Waals surface area (Å²) in [6.45, 7) is 2.75. The van der Waals surface area contributed by atoms with Crippen molar-refractivity contribution < 1.29 is 14.7 Å². The van der Waals surface area contributed by atoms with E-state index in [9.17, 15) is 9.59 Å². The quantitative estimate of drug-likeness (QED) is 0.708. The maximum absolute atomic E-state index is 12.0. The van der Waals surface area contributed by atoms with Gasteiger partial charge < -0.3 is 10.4 Å². The Labute approximate surface area is 141 Å². The zero-order valence-electron chi connectivity index (χ0n) is 11.9. The van der Waals surface area contributed by atoms with Gasteiger partial charge in [0.25, 0.3) is 0 Å². The van der Waals surface area contributed by atoms with Gasteiger partial charge in [-0.05, 0) is 76.5 Å².